The van der Waals surface area contributed by atoms with E-state index in [2.05, 4.69) is 5.32 Å². The highest BCUT2D eigenvalue weighted by atomic mass is 35.5. The molecule has 2 aliphatic heterocycles. The van der Waals surface area contributed by atoms with Crippen LogP contribution < -0.4 is 15.8 Å². The number of nitrogens with zero attached hydrogens (tertiary/aromatic N) is 4. The average Bonchev–Trinajstić information content (AvgIpc) is 2.83. The molecule has 0 saturated carbocycles. The van der Waals surface area contributed by atoms with Gasteiger partial charge in [0.2, 0.25) is 11.8 Å². The van der Waals surface area contributed by atoms with Gasteiger partial charge in [0.25, 0.3) is 5.56 Å². The lowest BCUT2D eigenvalue weighted by molar-refractivity contribution is -0.153. The lowest BCUT2D eigenvalue weighted by Gasteiger charge is -2.49. The van der Waals surface area contributed by atoms with Gasteiger partial charge >= 0.3 is 6.03 Å². The molecule has 5 rings (SSSR count). The second-order valence-electron chi connectivity index (χ2n) is 8.96. The summed E-state index contributed by atoms with van der Waals surface area (Å²) < 4.78 is 1.43. The molecule has 4 heterocycles. The number of rotatable bonds is 3. The van der Waals surface area contributed by atoms with Gasteiger partial charge in [-0.1, -0.05) is 35.9 Å². The summed E-state index contributed by atoms with van der Waals surface area (Å²) in [4.78, 5) is 61.3. The molecule has 2 atom stereocenters. The van der Waals surface area contributed by atoms with Gasteiger partial charge in [-0.3, -0.25) is 29.0 Å². The Hall–Kier alpha value is -3.72. The molecule has 1 saturated heterocycles. The van der Waals surface area contributed by atoms with Crippen molar-refractivity contribution in [2.45, 2.75) is 39.8 Å². The zero-order valence-electron chi connectivity index (χ0n) is 19.5. The van der Waals surface area contributed by atoms with Crippen molar-refractivity contribution < 1.29 is 14.4 Å². The molecule has 0 bridgehead atoms. The first kappa shape index (κ1) is 23.0. The summed E-state index contributed by atoms with van der Waals surface area (Å²) in [6.07, 6.45) is 1.45. The Balaban J connectivity index is 1.67. The minimum absolute atomic E-state index is 0.0980. The lowest BCUT2D eigenvalue weighted by Crippen LogP contribution is -2.71. The molecular weight excluding hydrogens is 470 g/mol. The van der Waals surface area contributed by atoms with E-state index in [9.17, 15) is 19.2 Å². The van der Waals surface area contributed by atoms with E-state index in [1.165, 1.54) is 4.40 Å². The molecule has 0 unspecified atom stereocenters. The highest BCUT2D eigenvalue weighted by Gasteiger charge is 2.61. The van der Waals surface area contributed by atoms with Crippen LogP contribution in [0.1, 0.15) is 30.5 Å². The van der Waals surface area contributed by atoms with E-state index in [4.69, 9.17) is 16.6 Å². The number of fused-ring (bicyclic) bond motifs is 2. The van der Waals surface area contributed by atoms with Crippen LogP contribution in [0.3, 0.4) is 0 Å². The molecule has 9 nitrogen and oxygen atoms in total. The van der Waals surface area contributed by atoms with E-state index in [0.717, 1.165) is 10.5 Å². The van der Waals surface area contributed by atoms with E-state index >= 15 is 0 Å². The van der Waals surface area contributed by atoms with Crippen molar-refractivity contribution in [1.82, 2.24) is 19.6 Å². The van der Waals surface area contributed by atoms with Crippen molar-refractivity contribution in [2.24, 2.45) is 5.41 Å². The molecular formula is C25H24ClN5O4. The van der Waals surface area contributed by atoms with Gasteiger partial charge < -0.3 is 4.90 Å². The lowest BCUT2D eigenvalue weighted by atomic mass is 9.69. The summed E-state index contributed by atoms with van der Waals surface area (Å²) in [5.74, 6) is -0.912. The van der Waals surface area contributed by atoms with Crippen LogP contribution in [0.2, 0.25) is 5.02 Å². The SMILES string of the molecule is CCN1c2nc3c(C)cccn3c(=O)c2C[C@]2(C(=O)NC(=O)N(Cc3ccccc3Cl)C2=O)[C@@H]1C. The molecule has 4 amide bonds. The molecule has 35 heavy (non-hydrogen) atoms. The average molecular weight is 494 g/mol. The third-order valence-corrected chi connectivity index (χ3v) is 7.52. The number of pyridine rings is 1. The van der Waals surface area contributed by atoms with Crippen molar-refractivity contribution in [1.29, 1.82) is 0 Å². The van der Waals surface area contributed by atoms with Crippen molar-refractivity contribution >= 4 is 40.9 Å². The van der Waals surface area contributed by atoms with Crippen molar-refractivity contribution in [3.63, 3.8) is 0 Å². The number of aromatic nitrogens is 2. The zero-order valence-corrected chi connectivity index (χ0v) is 20.3. The molecule has 1 aromatic carbocycles. The first-order valence-corrected chi connectivity index (χ1v) is 11.8. The van der Waals surface area contributed by atoms with Gasteiger partial charge in [0.15, 0.2) is 5.41 Å². The zero-order chi connectivity index (χ0) is 25.1. The number of imide groups is 2. The highest BCUT2D eigenvalue weighted by Crippen LogP contribution is 2.43. The van der Waals surface area contributed by atoms with Crippen molar-refractivity contribution in [3.8, 4) is 0 Å². The van der Waals surface area contributed by atoms with Gasteiger partial charge in [-0.05, 0) is 44.0 Å². The summed E-state index contributed by atoms with van der Waals surface area (Å²) >= 11 is 6.28. The third kappa shape index (κ3) is 3.25. The first-order valence-electron chi connectivity index (χ1n) is 11.4. The third-order valence-electron chi connectivity index (χ3n) is 7.15. The second-order valence-corrected chi connectivity index (χ2v) is 9.36. The van der Waals surface area contributed by atoms with E-state index in [1.807, 2.05) is 19.9 Å². The maximum absolute atomic E-state index is 14.0. The number of aryl methyl sites for hydroxylation is 1. The Morgan fingerprint density at radius 1 is 1.14 bits per heavy atom. The Bertz CT molecular complexity index is 1470. The molecule has 2 aromatic heterocycles. The first-order chi connectivity index (χ1) is 16.7. The topological polar surface area (TPSA) is 104 Å². The standard InChI is InChI=1S/C25H24ClN5O4/c1-4-29-15(3)25(12-17-20(29)27-19-14(2)8-7-11-30(19)21(17)32)22(33)28-24(35)31(23(25)34)13-16-9-5-6-10-18(16)26/h5-11,15H,4,12-13H2,1-3H3,(H,28,33,35)/t15-,25+/m0/s1. The van der Waals surface area contributed by atoms with E-state index < -0.39 is 29.3 Å². The molecule has 0 aliphatic carbocycles. The van der Waals surface area contributed by atoms with Gasteiger partial charge in [0.1, 0.15) is 11.5 Å². The smallest absolute Gasteiger partial charge is 0.331 e. The quantitative estimate of drug-likeness (QED) is 0.562. The second kappa shape index (κ2) is 8.20. The number of carbonyl (C=O) groups excluding carboxylic acids is 3. The fraction of sp³-hybridized carbons (Fsp3) is 0.320. The fourth-order valence-corrected chi connectivity index (χ4v) is 5.38. The Morgan fingerprint density at radius 3 is 2.60 bits per heavy atom. The predicted molar refractivity (Wildman–Crippen MR) is 130 cm³/mol. The molecule has 1 spiro atoms. The van der Waals surface area contributed by atoms with E-state index in [-0.39, 0.29) is 24.1 Å². The normalized spacial score (nSPS) is 22.1. The minimum Gasteiger partial charge on any atom is -0.352 e. The number of nitrogens with one attached hydrogen (secondary N) is 1. The Morgan fingerprint density at radius 2 is 1.89 bits per heavy atom. The number of benzene rings is 1. The van der Waals surface area contributed by atoms with Gasteiger partial charge in [-0.15, -0.1) is 0 Å². The van der Waals surface area contributed by atoms with Crippen LogP contribution in [-0.2, 0) is 22.6 Å². The van der Waals surface area contributed by atoms with Crippen LogP contribution >= 0.6 is 11.6 Å². The van der Waals surface area contributed by atoms with Crippen LogP contribution in [0.4, 0.5) is 10.6 Å². The number of halogens is 1. The number of barbiturate groups is 1. The van der Waals surface area contributed by atoms with Crippen LogP contribution in [0.25, 0.3) is 5.65 Å². The van der Waals surface area contributed by atoms with E-state index in [1.54, 1.807) is 48.4 Å². The van der Waals surface area contributed by atoms with Gasteiger partial charge in [0.05, 0.1) is 18.2 Å². The number of hydrogen-bond acceptors (Lipinski definition) is 6. The molecule has 3 aromatic rings. The molecule has 2 aliphatic rings. The van der Waals surface area contributed by atoms with Gasteiger partial charge in [0, 0.05) is 24.2 Å². The Labute approximate surface area is 206 Å². The van der Waals surface area contributed by atoms with Crippen LogP contribution in [-0.4, -0.2) is 44.7 Å². The summed E-state index contributed by atoms with van der Waals surface area (Å²) in [5, 5.41) is 2.76. The predicted octanol–water partition coefficient (Wildman–Crippen LogP) is 2.69. The molecule has 10 heteroatoms. The number of anilines is 1. The molecule has 1 fully saturated rings. The summed E-state index contributed by atoms with van der Waals surface area (Å²) in [5.41, 5.74) is 0.169. The molecule has 0 radical (unpaired) electrons. The molecule has 1 N–H and O–H groups in total. The molecule has 180 valence electrons. The number of carbonyl (C=O) groups is 3. The van der Waals surface area contributed by atoms with Crippen LogP contribution in [0, 0.1) is 12.3 Å². The van der Waals surface area contributed by atoms with Crippen molar-refractivity contribution in [2.75, 3.05) is 11.4 Å². The minimum atomic E-state index is -1.68. The van der Waals surface area contributed by atoms with Crippen LogP contribution in [0.5, 0.6) is 0 Å². The Kier molecular flexibility index (Phi) is 5.40. The summed E-state index contributed by atoms with van der Waals surface area (Å²) in [6.45, 7) is 5.81. The number of amides is 4. The maximum atomic E-state index is 14.0. The summed E-state index contributed by atoms with van der Waals surface area (Å²) in [6, 6.07) is 9.04. The number of urea groups is 1. The van der Waals surface area contributed by atoms with Gasteiger partial charge in [-0.2, -0.15) is 0 Å². The summed E-state index contributed by atoms with van der Waals surface area (Å²) in [7, 11) is 0. The van der Waals surface area contributed by atoms with Gasteiger partial charge in [-0.25, -0.2) is 9.78 Å². The van der Waals surface area contributed by atoms with E-state index in [0.29, 0.717) is 28.6 Å². The highest BCUT2D eigenvalue weighted by molar-refractivity contribution is 6.31. The maximum Gasteiger partial charge on any atom is 0.331 e. The fourth-order valence-electron chi connectivity index (χ4n) is 5.19. The van der Waals surface area contributed by atoms with Crippen molar-refractivity contribution in [3.05, 3.63) is 74.7 Å². The monoisotopic (exact) mass is 493 g/mol. The largest absolute Gasteiger partial charge is 0.352 e. The number of hydrogen-bond donors (Lipinski definition) is 1. The van der Waals surface area contributed by atoms with Crippen LogP contribution in [0.15, 0.2) is 47.4 Å².